The fourth-order valence-electron chi connectivity index (χ4n) is 4.55. The summed E-state index contributed by atoms with van der Waals surface area (Å²) in [5, 5.41) is 0.541. The maximum atomic E-state index is 10.7. The standard InChI is InChI=1S/C24H16As2O3.C7H3BrClNO2/c1-5-13-21-17(9-1)25(18-10-2-6-14-22(18)27-21)29-26-19-11-3-7-15-23(19)28-24-16-8-4-12-20(24)26;8-3-1-6-5(2-4(3)9)10-7(11)12-6/h1-16H;1-2H,(H,10,11). The molecule has 5 aromatic carbocycles. The number of aromatic amines is 1. The van der Waals surface area contributed by atoms with Gasteiger partial charge < -0.3 is 4.42 Å². The van der Waals surface area contributed by atoms with Crippen molar-refractivity contribution in [2.75, 3.05) is 0 Å². The maximum absolute atomic E-state index is 10.7. The van der Waals surface area contributed by atoms with Crippen LogP contribution in [-0.2, 0) is 2.72 Å². The van der Waals surface area contributed by atoms with Gasteiger partial charge in [0.25, 0.3) is 0 Å². The fourth-order valence-corrected chi connectivity index (χ4v) is 17.4. The van der Waals surface area contributed by atoms with E-state index in [-0.39, 0.29) is 0 Å². The quantitative estimate of drug-likeness (QED) is 0.242. The average Bonchev–Trinajstić information content (AvgIpc) is 3.35. The summed E-state index contributed by atoms with van der Waals surface area (Å²) in [6, 6.07) is 36.5. The first kappa shape index (κ1) is 26.7. The molecule has 0 saturated heterocycles. The van der Waals surface area contributed by atoms with Crippen molar-refractivity contribution in [3.8, 4) is 23.0 Å². The Balaban J connectivity index is 0.000000193. The van der Waals surface area contributed by atoms with Gasteiger partial charge in [0.1, 0.15) is 0 Å². The number of hydrogen-bond acceptors (Lipinski definition) is 5. The van der Waals surface area contributed by atoms with E-state index in [0.717, 1.165) is 23.0 Å². The molecule has 1 N–H and O–H groups in total. The molecule has 0 atom stereocenters. The average molecular weight is 751 g/mol. The van der Waals surface area contributed by atoms with Gasteiger partial charge in [0, 0.05) is 4.47 Å². The van der Waals surface area contributed by atoms with Gasteiger partial charge in [0.15, 0.2) is 5.58 Å². The number of rotatable bonds is 2. The molecule has 0 saturated carbocycles. The Morgan fingerprint density at radius 2 is 1.07 bits per heavy atom. The predicted molar refractivity (Wildman–Crippen MR) is 167 cm³/mol. The first-order valence-electron chi connectivity index (χ1n) is 12.5. The zero-order valence-electron chi connectivity index (χ0n) is 21.1. The van der Waals surface area contributed by atoms with Gasteiger partial charge in [-0.1, -0.05) is 11.6 Å². The third-order valence-electron chi connectivity index (χ3n) is 6.40. The number of benzene rings is 5. The minimum absolute atomic E-state index is 0.473. The molecule has 2 aliphatic rings. The normalized spacial score (nSPS) is 13.5. The Bertz CT molecular complexity index is 1750. The molecule has 0 aliphatic carbocycles. The molecule has 10 heteroatoms. The number of ether oxygens (including phenoxy) is 2. The third kappa shape index (κ3) is 5.18. The first-order chi connectivity index (χ1) is 20.0. The second-order valence-corrected chi connectivity index (χ2v) is 18.9. The van der Waals surface area contributed by atoms with Crippen molar-refractivity contribution in [1.29, 1.82) is 0 Å². The van der Waals surface area contributed by atoms with E-state index in [1.165, 1.54) is 17.4 Å². The molecule has 6 nitrogen and oxygen atoms in total. The molecule has 1 aromatic heterocycles. The summed E-state index contributed by atoms with van der Waals surface area (Å²) < 4.78 is 29.9. The van der Waals surface area contributed by atoms with Crippen LogP contribution in [0.1, 0.15) is 0 Å². The van der Waals surface area contributed by atoms with Crippen LogP contribution in [0.2, 0.25) is 5.02 Å². The van der Waals surface area contributed by atoms with Gasteiger partial charge in [-0.15, -0.1) is 0 Å². The summed E-state index contributed by atoms with van der Waals surface area (Å²) >= 11 is 4.97. The molecule has 2 aliphatic heterocycles. The van der Waals surface area contributed by atoms with E-state index in [9.17, 15) is 4.79 Å². The Morgan fingerprint density at radius 3 is 1.51 bits per heavy atom. The van der Waals surface area contributed by atoms with Gasteiger partial charge in [-0.25, -0.2) is 4.79 Å². The fraction of sp³-hybridized carbons (Fsp3) is 0. The van der Waals surface area contributed by atoms with Gasteiger partial charge in [-0.2, -0.15) is 0 Å². The predicted octanol–water partition coefficient (Wildman–Crippen LogP) is 5.36. The van der Waals surface area contributed by atoms with Crippen LogP contribution in [-0.4, -0.2) is 35.0 Å². The van der Waals surface area contributed by atoms with Gasteiger partial charge in [0.05, 0.1) is 10.5 Å². The summed E-state index contributed by atoms with van der Waals surface area (Å²) in [4.78, 5) is 13.2. The molecule has 0 bridgehead atoms. The first-order valence-corrected chi connectivity index (χ1v) is 19.0. The van der Waals surface area contributed by atoms with Crippen molar-refractivity contribution in [3.05, 3.63) is 129 Å². The van der Waals surface area contributed by atoms with E-state index in [0.29, 0.717) is 20.6 Å². The van der Waals surface area contributed by atoms with E-state index in [1.807, 2.05) is 48.5 Å². The van der Waals surface area contributed by atoms with Gasteiger partial charge >= 0.3 is 185 Å². The molecule has 41 heavy (non-hydrogen) atoms. The molecule has 8 rings (SSSR count). The van der Waals surface area contributed by atoms with Crippen molar-refractivity contribution < 1.29 is 16.6 Å². The van der Waals surface area contributed by atoms with Crippen LogP contribution < -0.4 is 32.6 Å². The molecule has 0 spiro atoms. The van der Waals surface area contributed by atoms with E-state index in [2.05, 4.69) is 69.4 Å². The summed E-state index contributed by atoms with van der Waals surface area (Å²) in [6.45, 7) is 0. The number of halogens is 2. The van der Waals surface area contributed by atoms with Crippen LogP contribution >= 0.6 is 27.5 Å². The molecule has 0 unspecified atom stereocenters. The van der Waals surface area contributed by atoms with E-state index in [1.54, 1.807) is 12.1 Å². The number of H-pyrrole nitrogens is 1. The summed E-state index contributed by atoms with van der Waals surface area (Å²) in [5.74, 6) is 3.23. The van der Waals surface area contributed by atoms with Crippen LogP contribution in [0.15, 0.2) is 123 Å². The number of fused-ring (bicyclic) bond motifs is 5. The summed E-state index contributed by atoms with van der Waals surface area (Å²) in [7, 11) is 0. The van der Waals surface area contributed by atoms with Crippen molar-refractivity contribution in [2.45, 2.75) is 0 Å². The molecule has 6 aromatic rings. The number of nitrogens with one attached hydrogen (secondary N) is 1. The SMILES string of the molecule is O=c1[nH]c2cc(Cl)c(Br)cc2o1.c1ccc2c(c1)Oc1ccccc1[As]2O[As]1c2ccccc2Oc2ccccc21. The topological polar surface area (TPSA) is 73.7 Å². The third-order valence-corrected chi connectivity index (χ3v) is 18.6. The van der Waals surface area contributed by atoms with Crippen molar-refractivity contribution in [3.63, 3.8) is 0 Å². The molecular weight excluding hydrogens is 732 g/mol. The molecule has 3 heterocycles. The summed E-state index contributed by atoms with van der Waals surface area (Å²) in [5.41, 5.74) is 1.10. The Kier molecular flexibility index (Phi) is 7.32. The Hall–Kier alpha value is -3.18. The molecule has 0 amide bonds. The van der Waals surface area contributed by atoms with E-state index in [4.69, 9.17) is 28.2 Å². The number of aromatic nitrogens is 1. The molecular formula is C31H19As2BrClNO5. The molecule has 202 valence electrons. The zero-order valence-corrected chi connectivity index (χ0v) is 27.2. The van der Waals surface area contributed by atoms with Crippen LogP contribution in [0.3, 0.4) is 0 Å². The van der Waals surface area contributed by atoms with Gasteiger partial charge in [-0.05, 0) is 28.1 Å². The second kappa shape index (κ2) is 11.2. The van der Waals surface area contributed by atoms with E-state index >= 15 is 0 Å². The van der Waals surface area contributed by atoms with Gasteiger partial charge in [-0.3, -0.25) is 4.98 Å². The second-order valence-electron chi connectivity index (χ2n) is 9.02. The Morgan fingerprint density at radius 1 is 0.659 bits per heavy atom. The van der Waals surface area contributed by atoms with Crippen LogP contribution in [0.5, 0.6) is 23.0 Å². The molecule has 0 fully saturated rings. The van der Waals surface area contributed by atoms with E-state index < -0.39 is 35.7 Å². The number of hydrogen-bond donors (Lipinski definition) is 1. The minimum atomic E-state index is -2.02. The van der Waals surface area contributed by atoms with Gasteiger partial charge in [0.2, 0.25) is 0 Å². The van der Waals surface area contributed by atoms with Crippen molar-refractivity contribution in [1.82, 2.24) is 4.98 Å². The Labute approximate surface area is 258 Å². The van der Waals surface area contributed by atoms with Crippen molar-refractivity contribution >= 4 is 86.0 Å². The number of para-hydroxylation sites is 4. The zero-order chi connectivity index (χ0) is 27.9. The van der Waals surface area contributed by atoms with Crippen LogP contribution in [0, 0.1) is 0 Å². The summed E-state index contributed by atoms with van der Waals surface area (Å²) in [6.07, 6.45) is 0. The van der Waals surface area contributed by atoms with Crippen molar-refractivity contribution in [2.24, 2.45) is 0 Å². The van der Waals surface area contributed by atoms with Crippen LogP contribution in [0.25, 0.3) is 11.1 Å². The number of oxazole rings is 1. The monoisotopic (exact) mass is 749 g/mol. The molecule has 0 radical (unpaired) electrons. The van der Waals surface area contributed by atoms with Crippen LogP contribution in [0.4, 0.5) is 0 Å².